The number of nitrogens with zero attached hydrogens (tertiary/aromatic N) is 1. The molecule has 0 aromatic heterocycles. The van der Waals surface area contributed by atoms with E-state index in [1.807, 2.05) is 24.3 Å². The maximum absolute atomic E-state index is 9.98. The van der Waals surface area contributed by atoms with Crippen LogP contribution in [-0.4, -0.2) is 0 Å². The van der Waals surface area contributed by atoms with E-state index in [0.717, 1.165) is 19.3 Å². The molecule has 20 heavy (non-hydrogen) atoms. The Morgan fingerprint density at radius 3 is 2.20 bits per heavy atom. The smallest absolute Gasteiger partial charge is 0.0890 e. The third-order valence-electron chi connectivity index (χ3n) is 4.60. The fourth-order valence-electron chi connectivity index (χ4n) is 3.59. The molecule has 1 nitrogen and oxygen atoms in total. The van der Waals surface area contributed by atoms with E-state index >= 15 is 0 Å². The van der Waals surface area contributed by atoms with E-state index in [-0.39, 0.29) is 5.41 Å². The van der Waals surface area contributed by atoms with Gasteiger partial charge in [-0.3, -0.25) is 0 Å². The van der Waals surface area contributed by atoms with Gasteiger partial charge in [0.1, 0.15) is 0 Å². The number of rotatable bonds is 2. The SMILES string of the molecule is N#CC1(c2ccccc2)CCCCC1c1ccccc1. The molecule has 0 saturated heterocycles. The third-order valence-corrected chi connectivity index (χ3v) is 4.60. The summed E-state index contributed by atoms with van der Waals surface area (Å²) >= 11 is 0. The lowest BCUT2D eigenvalue weighted by molar-refractivity contribution is 0.313. The summed E-state index contributed by atoms with van der Waals surface area (Å²) in [5, 5.41) is 9.98. The zero-order chi connectivity index (χ0) is 13.8. The van der Waals surface area contributed by atoms with Crippen molar-refractivity contribution in [2.45, 2.75) is 37.0 Å². The van der Waals surface area contributed by atoms with Gasteiger partial charge in [-0.25, -0.2) is 0 Å². The molecule has 1 saturated carbocycles. The molecule has 2 aromatic rings. The summed E-state index contributed by atoms with van der Waals surface area (Å²) in [7, 11) is 0. The van der Waals surface area contributed by atoms with E-state index in [4.69, 9.17) is 0 Å². The molecule has 1 aliphatic rings. The Balaban J connectivity index is 2.09. The fourth-order valence-corrected chi connectivity index (χ4v) is 3.59. The van der Waals surface area contributed by atoms with Crippen LogP contribution in [0.15, 0.2) is 60.7 Å². The first-order chi connectivity index (χ1) is 9.87. The fraction of sp³-hybridized carbons (Fsp3) is 0.316. The van der Waals surface area contributed by atoms with Gasteiger partial charge in [0.25, 0.3) is 0 Å². The second-order valence-corrected chi connectivity index (χ2v) is 5.66. The zero-order valence-corrected chi connectivity index (χ0v) is 11.6. The molecule has 0 heterocycles. The van der Waals surface area contributed by atoms with Gasteiger partial charge in [-0.05, 0) is 24.0 Å². The normalized spacial score (nSPS) is 25.9. The van der Waals surface area contributed by atoms with Crippen molar-refractivity contribution in [2.24, 2.45) is 0 Å². The first-order valence-electron chi connectivity index (χ1n) is 7.38. The second kappa shape index (κ2) is 5.51. The molecule has 0 aliphatic heterocycles. The lowest BCUT2D eigenvalue weighted by Crippen LogP contribution is -2.35. The summed E-state index contributed by atoms with van der Waals surface area (Å²) in [6.07, 6.45) is 4.43. The van der Waals surface area contributed by atoms with Crippen LogP contribution in [0.1, 0.15) is 42.7 Å². The molecule has 0 amide bonds. The van der Waals surface area contributed by atoms with Gasteiger partial charge in [0.15, 0.2) is 0 Å². The Morgan fingerprint density at radius 1 is 0.900 bits per heavy atom. The van der Waals surface area contributed by atoms with E-state index in [0.29, 0.717) is 5.92 Å². The van der Waals surface area contributed by atoms with Crippen molar-refractivity contribution in [2.75, 3.05) is 0 Å². The summed E-state index contributed by atoms with van der Waals surface area (Å²) in [4.78, 5) is 0. The van der Waals surface area contributed by atoms with Gasteiger partial charge in [0.05, 0.1) is 11.5 Å². The topological polar surface area (TPSA) is 23.8 Å². The van der Waals surface area contributed by atoms with E-state index < -0.39 is 0 Å². The predicted octanol–water partition coefficient (Wildman–Crippen LogP) is 4.81. The lowest BCUT2D eigenvalue weighted by Gasteiger charge is -2.39. The van der Waals surface area contributed by atoms with E-state index in [1.54, 1.807) is 0 Å². The zero-order valence-electron chi connectivity index (χ0n) is 11.6. The quantitative estimate of drug-likeness (QED) is 0.761. The molecule has 0 spiro atoms. The minimum absolute atomic E-state index is 0.310. The van der Waals surface area contributed by atoms with Crippen molar-refractivity contribution in [3.63, 3.8) is 0 Å². The number of nitriles is 1. The minimum Gasteiger partial charge on any atom is -0.197 e. The molecule has 2 unspecified atom stereocenters. The van der Waals surface area contributed by atoms with Crippen molar-refractivity contribution in [3.05, 3.63) is 71.8 Å². The summed E-state index contributed by atoms with van der Waals surface area (Å²) < 4.78 is 0. The van der Waals surface area contributed by atoms with Crippen molar-refractivity contribution in [1.29, 1.82) is 5.26 Å². The summed E-state index contributed by atoms with van der Waals surface area (Å²) in [6, 6.07) is 23.6. The van der Waals surface area contributed by atoms with Gasteiger partial charge in [0.2, 0.25) is 0 Å². The molecule has 1 fully saturated rings. The van der Waals surface area contributed by atoms with E-state index in [9.17, 15) is 5.26 Å². The first-order valence-corrected chi connectivity index (χ1v) is 7.38. The molecule has 100 valence electrons. The predicted molar refractivity (Wildman–Crippen MR) is 81.4 cm³/mol. The van der Waals surface area contributed by atoms with Gasteiger partial charge < -0.3 is 0 Å². The third kappa shape index (κ3) is 2.12. The number of hydrogen-bond acceptors (Lipinski definition) is 1. The van der Waals surface area contributed by atoms with Crippen LogP contribution in [0, 0.1) is 11.3 Å². The number of hydrogen-bond donors (Lipinski definition) is 0. The Kier molecular flexibility index (Phi) is 3.56. The van der Waals surface area contributed by atoms with Crippen molar-refractivity contribution in [1.82, 2.24) is 0 Å². The van der Waals surface area contributed by atoms with Gasteiger partial charge in [-0.2, -0.15) is 5.26 Å². The summed E-state index contributed by atoms with van der Waals surface area (Å²) in [6.45, 7) is 0. The second-order valence-electron chi connectivity index (χ2n) is 5.66. The highest BCUT2D eigenvalue weighted by atomic mass is 14.5. The van der Waals surface area contributed by atoms with Crippen molar-refractivity contribution in [3.8, 4) is 6.07 Å². The van der Waals surface area contributed by atoms with Crippen LogP contribution in [0.2, 0.25) is 0 Å². The average Bonchev–Trinajstić information content (AvgIpc) is 2.56. The van der Waals surface area contributed by atoms with Crippen LogP contribution in [0.25, 0.3) is 0 Å². The molecule has 1 heteroatoms. The molecule has 0 N–H and O–H groups in total. The standard InChI is InChI=1S/C19H19N/c20-15-19(17-11-5-2-6-12-17)14-8-7-13-18(19)16-9-3-1-4-10-16/h1-6,9-12,18H,7-8,13-14H2. The number of benzene rings is 2. The monoisotopic (exact) mass is 261 g/mol. The highest BCUT2D eigenvalue weighted by Crippen LogP contribution is 2.48. The van der Waals surface area contributed by atoms with Gasteiger partial charge in [-0.1, -0.05) is 73.5 Å². The molecule has 3 rings (SSSR count). The van der Waals surface area contributed by atoms with Crippen molar-refractivity contribution >= 4 is 0 Å². The maximum Gasteiger partial charge on any atom is 0.0890 e. The Morgan fingerprint density at radius 2 is 1.55 bits per heavy atom. The van der Waals surface area contributed by atoms with Crippen LogP contribution < -0.4 is 0 Å². The molecule has 2 atom stereocenters. The summed E-state index contributed by atoms with van der Waals surface area (Å²) in [5.74, 6) is 0.310. The van der Waals surface area contributed by atoms with E-state index in [2.05, 4.69) is 42.5 Å². The molecule has 1 aliphatic carbocycles. The molecular formula is C19H19N. The van der Waals surface area contributed by atoms with Gasteiger partial charge >= 0.3 is 0 Å². The van der Waals surface area contributed by atoms with Gasteiger partial charge in [0, 0.05) is 5.92 Å². The van der Waals surface area contributed by atoms with Crippen LogP contribution >= 0.6 is 0 Å². The lowest BCUT2D eigenvalue weighted by atomic mass is 9.61. The van der Waals surface area contributed by atoms with Crippen LogP contribution in [0.4, 0.5) is 0 Å². The Labute approximate surface area is 120 Å². The Hall–Kier alpha value is -2.07. The molecule has 2 aromatic carbocycles. The van der Waals surface area contributed by atoms with Gasteiger partial charge in [-0.15, -0.1) is 0 Å². The maximum atomic E-state index is 9.98. The molecule has 0 bridgehead atoms. The van der Waals surface area contributed by atoms with E-state index in [1.165, 1.54) is 17.5 Å². The van der Waals surface area contributed by atoms with Crippen LogP contribution in [-0.2, 0) is 5.41 Å². The molecule has 0 radical (unpaired) electrons. The van der Waals surface area contributed by atoms with Crippen molar-refractivity contribution < 1.29 is 0 Å². The van der Waals surface area contributed by atoms with Crippen LogP contribution in [0.5, 0.6) is 0 Å². The summed E-state index contributed by atoms with van der Waals surface area (Å²) in [5.41, 5.74) is 2.12. The molecular weight excluding hydrogens is 242 g/mol. The minimum atomic E-state index is -0.360. The average molecular weight is 261 g/mol. The van der Waals surface area contributed by atoms with Crippen LogP contribution in [0.3, 0.4) is 0 Å². The first kappa shape index (κ1) is 12.9. The largest absolute Gasteiger partial charge is 0.197 e. The highest BCUT2D eigenvalue weighted by molar-refractivity contribution is 5.40. The highest BCUT2D eigenvalue weighted by Gasteiger charge is 2.43. The Bertz CT molecular complexity index is 597.